The number of para-hydroxylation sites is 1. The monoisotopic (exact) mass is 232 g/mol. The second-order valence-corrected chi connectivity index (χ2v) is 5.59. The van der Waals surface area contributed by atoms with Crippen molar-refractivity contribution in [1.82, 2.24) is 5.32 Å². The van der Waals surface area contributed by atoms with Crippen LogP contribution in [0.1, 0.15) is 38.7 Å². The molecule has 92 valence electrons. The fourth-order valence-electron chi connectivity index (χ4n) is 2.20. The summed E-state index contributed by atoms with van der Waals surface area (Å²) < 4.78 is 0. The molecule has 3 nitrogen and oxygen atoms in total. The molecule has 1 aliphatic heterocycles. The predicted octanol–water partition coefficient (Wildman–Crippen LogP) is 2.50. The molecule has 17 heavy (non-hydrogen) atoms. The van der Waals surface area contributed by atoms with Gasteiger partial charge in [-0.2, -0.15) is 0 Å². The van der Waals surface area contributed by atoms with Gasteiger partial charge in [-0.25, -0.2) is 0 Å². The summed E-state index contributed by atoms with van der Waals surface area (Å²) in [5.74, 6) is 0.109. The van der Waals surface area contributed by atoms with Crippen molar-refractivity contribution in [3.63, 3.8) is 0 Å². The fraction of sp³-hybridized carbons (Fsp3) is 0.500. The van der Waals surface area contributed by atoms with E-state index in [1.54, 1.807) is 0 Å². The van der Waals surface area contributed by atoms with Gasteiger partial charge in [-0.3, -0.25) is 4.79 Å². The Labute approximate surface area is 103 Å². The van der Waals surface area contributed by atoms with Crippen LogP contribution in [-0.2, 0) is 4.79 Å². The Kier molecular flexibility index (Phi) is 3.09. The van der Waals surface area contributed by atoms with Gasteiger partial charge in [0.1, 0.15) is 0 Å². The number of carbonyl (C=O) groups excluding carboxylic acids is 1. The Balaban J connectivity index is 2.21. The lowest BCUT2D eigenvalue weighted by Crippen LogP contribution is -2.44. The van der Waals surface area contributed by atoms with Crippen LogP contribution < -0.4 is 10.6 Å². The molecule has 1 heterocycles. The molecule has 1 amide bonds. The molecule has 1 aromatic carbocycles. The third-order valence-electron chi connectivity index (χ3n) is 2.90. The van der Waals surface area contributed by atoms with E-state index in [-0.39, 0.29) is 17.4 Å². The normalized spacial score (nSPS) is 19.1. The van der Waals surface area contributed by atoms with Gasteiger partial charge in [0.25, 0.3) is 0 Å². The molecule has 2 rings (SSSR count). The molecule has 0 unspecified atom stereocenters. The molecular formula is C14H20N2O. The summed E-state index contributed by atoms with van der Waals surface area (Å²) >= 11 is 0. The van der Waals surface area contributed by atoms with Crippen LogP contribution in [0.5, 0.6) is 0 Å². The fourth-order valence-corrected chi connectivity index (χ4v) is 2.20. The summed E-state index contributed by atoms with van der Waals surface area (Å²) in [4.78, 5) is 12.2. The molecule has 0 spiro atoms. The average Bonchev–Trinajstić information content (AvgIpc) is 2.26. The Bertz CT molecular complexity index is 420. The Morgan fingerprint density at radius 2 is 2.06 bits per heavy atom. The van der Waals surface area contributed by atoms with Crippen LogP contribution in [0.25, 0.3) is 0 Å². The van der Waals surface area contributed by atoms with Gasteiger partial charge < -0.3 is 10.6 Å². The number of hydrogen-bond acceptors (Lipinski definition) is 2. The van der Waals surface area contributed by atoms with E-state index >= 15 is 0 Å². The second kappa shape index (κ2) is 4.40. The third kappa shape index (κ3) is 2.78. The quantitative estimate of drug-likeness (QED) is 0.781. The molecule has 1 aliphatic rings. The van der Waals surface area contributed by atoms with Crippen molar-refractivity contribution in [1.29, 1.82) is 0 Å². The number of nitrogens with one attached hydrogen (secondary N) is 2. The number of benzene rings is 1. The summed E-state index contributed by atoms with van der Waals surface area (Å²) in [6.07, 6.45) is 0.860. The molecule has 0 bridgehead atoms. The lowest BCUT2D eigenvalue weighted by Gasteiger charge is -2.29. The summed E-state index contributed by atoms with van der Waals surface area (Å²) in [6.45, 7) is 6.90. The minimum absolute atomic E-state index is 0.0216. The summed E-state index contributed by atoms with van der Waals surface area (Å²) in [6, 6.07) is 8.05. The van der Waals surface area contributed by atoms with Crippen molar-refractivity contribution in [2.24, 2.45) is 0 Å². The van der Waals surface area contributed by atoms with Gasteiger partial charge in [-0.05, 0) is 38.8 Å². The second-order valence-electron chi connectivity index (χ2n) is 5.59. The molecule has 0 saturated heterocycles. The van der Waals surface area contributed by atoms with E-state index < -0.39 is 0 Å². The van der Waals surface area contributed by atoms with Crippen molar-refractivity contribution in [3.05, 3.63) is 29.8 Å². The van der Waals surface area contributed by atoms with Crippen molar-refractivity contribution in [2.75, 3.05) is 11.9 Å². The minimum atomic E-state index is -0.170. The van der Waals surface area contributed by atoms with Crippen LogP contribution in [0.15, 0.2) is 24.3 Å². The predicted molar refractivity (Wildman–Crippen MR) is 70.2 cm³/mol. The zero-order valence-corrected chi connectivity index (χ0v) is 10.7. The smallest absolute Gasteiger partial charge is 0.228 e. The van der Waals surface area contributed by atoms with Crippen LogP contribution in [0.2, 0.25) is 0 Å². The van der Waals surface area contributed by atoms with Gasteiger partial charge in [0, 0.05) is 17.8 Å². The molecule has 3 heteroatoms. The maximum Gasteiger partial charge on any atom is 0.228 e. The van der Waals surface area contributed by atoms with E-state index in [0.29, 0.717) is 0 Å². The van der Waals surface area contributed by atoms with Crippen molar-refractivity contribution in [2.45, 2.75) is 38.6 Å². The van der Waals surface area contributed by atoms with E-state index in [9.17, 15) is 4.79 Å². The van der Waals surface area contributed by atoms with Crippen LogP contribution >= 0.6 is 0 Å². The highest BCUT2D eigenvalue weighted by Gasteiger charge is 2.28. The lowest BCUT2D eigenvalue weighted by molar-refractivity contribution is -0.124. The average molecular weight is 232 g/mol. The first-order valence-electron chi connectivity index (χ1n) is 6.12. The molecule has 0 radical (unpaired) electrons. The summed E-state index contributed by atoms with van der Waals surface area (Å²) in [5, 5.41) is 6.39. The standard InChI is InChI=1S/C14H20N2O/c1-14(2,3)16-13(17)11-8-9-15-12-7-5-4-6-10(11)12/h4-7,11,15H,8-9H2,1-3H3,(H,16,17)/t11-/m1/s1. The van der Waals surface area contributed by atoms with Gasteiger partial charge in [0.15, 0.2) is 0 Å². The Morgan fingerprint density at radius 1 is 1.35 bits per heavy atom. The first-order chi connectivity index (χ1) is 7.97. The number of carbonyl (C=O) groups is 1. The van der Waals surface area contributed by atoms with Gasteiger partial charge in [0.2, 0.25) is 5.91 Å². The Morgan fingerprint density at radius 3 is 2.76 bits per heavy atom. The van der Waals surface area contributed by atoms with Crippen molar-refractivity contribution < 1.29 is 4.79 Å². The summed E-state index contributed by atoms with van der Waals surface area (Å²) in [5.41, 5.74) is 2.03. The van der Waals surface area contributed by atoms with Gasteiger partial charge in [-0.1, -0.05) is 18.2 Å². The molecular weight excluding hydrogens is 212 g/mol. The first kappa shape index (κ1) is 12.0. The maximum absolute atomic E-state index is 12.2. The number of anilines is 1. The highest BCUT2D eigenvalue weighted by atomic mass is 16.2. The third-order valence-corrected chi connectivity index (χ3v) is 2.90. The van der Waals surface area contributed by atoms with Crippen molar-refractivity contribution in [3.8, 4) is 0 Å². The van der Waals surface area contributed by atoms with Crippen LogP contribution in [0, 0.1) is 0 Å². The number of rotatable bonds is 1. The zero-order chi connectivity index (χ0) is 12.5. The molecule has 0 fully saturated rings. The van der Waals surface area contributed by atoms with Crippen LogP contribution in [-0.4, -0.2) is 18.0 Å². The summed E-state index contributed by atoms with van der Waals surface area (Å²) in [7, 11) is 0. The molecule has 0 aromatic heterocycles. The highest BCUT2D eigenvalue weighted by Crippen LogP contribution is 2.31. The van der Waals surface area contributed by atoms with E-state index in [1.165, 1.54) is 0 Å². The molecule has 2 N–H and O–H groups in total. The van der Waals surface area contributed by atoms with Crippen molar-refractivity contribution >= 4 is 11.6 Å². The lowest BCUT2D eigenvalue weighted by atomic mass is 9.89. The molecule has 0 aliphatic carbocycles. The molecule has 0 saturated carbocycles. The molecule has 1 atom stereocenters. The van der Waals surface area contributed by atoms with E-state index in [2.05, 4.69) is 10.6 Å². The zero-order valence-electron chi connectivity index (χ0n) is 10.7. The first-order valence-corrected chi connectivity index (χ1v) is 6.12. The maximum atomic E-state index is 12.2. The number of fused-ring (bicyclic) bond motifs is 1. The SMILES string of the molecule is CC(C)(C)NC(=O)[C@@H]1CCNc2ccccc21. The van der Waals surface area contributed by atoms with Gasteiger partial charge >= 0.3 is 0 Å². The van der Waals surface area contributed by atoms with Crippen LogP contribution in [0.4, 0.5) is 5.69 Å². The minimum Gasteiger partial charge on any atom is -0.385 e. The molecule has 1 aromatic rings. The number of hydrogen-bond donors (Lipinski definition) is 2. The van der Waals surface area contributed by atoms with E-state index in [1.807, 2.05) is 45.0 Å². The largest absolute Gasteiger partial charge is 0.385 e. The number of amides is 1. The Hall–Kier alpha value is -1.51. The van der Waals surface area contributed by atoms with Gasteiger partial charge in [-0.15, -0.1) is 0 Å². The topological polar surface area (TPSA) is 41.1 Å². The highest BCUT2D eigenvalue weighted by molar-refractivity contribution is 5.86. The van der Waals surface area contributed by atoms with Crippen LogP contribution in [0.3, 0.4) is 0 Å². The van der Waals surface area contributed by atoms with E-state index in [0.717, 1.165) is 24.2 Å². The van der Waals surface area contributed by atoms with E-state index in [4.69, 9.17) is 0 Å². The van der Waals surface area contributed by atoms with Gasteiger partial charge in [0.05, 0.1) is 5.92 Å².